The standard InChI is InChI=1S/C29H34Cl2N6O5/c1-3-14-42-29(41)32-13-7-10-24-27(39)35(17-21-11-12-22(30)23(31)15-21)18-25-36(24)26(38)19-34(2)37(25)28(40)33-16-20-8-5-4-6-9-20/h3-6,8-9,11-12,15,24-25H,1,7,10,13-14,16-19H2,2H3,(H,32,41)(H,33,40)/t24-,25-/m0/s1. The van der Waals surface area contributed by atoms with E-state index in [1.807, 2.05) is 30.3 Å². The van der Waals surface area contributed by atoms with Crippen LogP contribution < -0.4 is 10.6 Å². The molecule has 0 aromatic heterocycles. The summed E-state index contributed by atoms with van der Waals surface area (Å²) in [6.07, 6.45) is 0.782. The number of ether oxygens (including phenoxy) is 1. The topological polar surface area (TPSA) is 115 Å². The average Bonchev–Trinajstić information content (AvgIpc) is 2.97. The molecule has 2 heterocycles. The summed E-state index contributed by atoms with van der Waals surface area (Å²) in [7, 11) is 1.67. The van der Waals surface area contributed by atoms with Gasteiger partial charge in [-0.25, -0.2) is 19.6 Å². The molecular weight excluding hydrogens is 583 g/mol. The van der Waals surface area contributed by atoms with Crippen molar-refractivity contribution in [1.82, 2.24) is 30.5 Å². The van der Waals surface area contributed by atoms with Crippen LogP contribution in [0, 0.1) is 0 Å². The number of benzene rings is 2. The van der Waals surface area contributed by atoms with Crippen LogP contribution in [0.25, 0.3) is 0 Å². The van der Waals surface area contributed by atoms with E-state index in [0.29, 0.717) is 23.0 Å². The van der Waals surface area contributed by atoms with Gasteiger partial charge in [-0.2, -0.15) is 0 Å². The van der Waals surface area contributed by atoms with Crippen molar-refractivity contribution in [2.24, 2.45) is 0 Å². The van der Waals surface area contributed by atoms with Gasteiger partial charge in [-0.15, -0.1) is 0 Å². The van der Waals surface area contributed by atoms with Crippen molar-refractivity contribution in [3.05, 3.63) is 82.4 Å². The first-order chi connectivity index (χ1) is 20.2. The monoisotopic (exact) mass is 616 g/mol. The van der Waals surface area contributed by atoms with E-state index in [-0.39, 0.29) is 51.0 Å². The number of carbonyl (C=O) groups is 4. The molecule has 13 heteroatoms. The number of piperazine rings is 1. The molecule has 2 fully saturated rings. The second-order valence-electron chi connectivity index (χ2n) is 10.0. The summed E-state index contributed by atoms with van der Waals surface area (Å²) in [6.45, 7) is 4.35. The summed E-state index contributed by atoms with van der Waals surface area (Å²) in [6, 6.07) is 13.4. The lowest BCUT2D eigenvalue weighted by Crippen LogP contribution is -2.75. The molecular formula is C29H34Cl2N6O5. The minimum absolute atomic E-state index is 0.0715. The molecule has 11 nitrogen and oxygen atoms in total. The molecule has 2 N–H and O–H groups in total. The van der Waals surface area contributed by atoms with Gasteiger partial charge in [-0.05, 0) is 36.1 Å². The number of hydrogen-bond donors (Lipinski definition) is 2. The van der Waals surface area contributed by atoms with E-state index in [2.05, 4.69) is 17.2 Å². The minimum Gasteiger partial charge on any atom is -0.445 e. The van der Waals surface area contributed by atoms with Crippen LogP contribution in [0.15, 0.2) is 61.2 Å². The third-order valence-electron chi connectivity index (χ3n) is 7.05. The SMILES string of the molecule is C=CCOC(=O)NCCC[C@H]1C(=O)N(Cc2ccc(Cl)c(Cl)c2)C[C@H]2N1C(=O)CN(C)N2C(=O)NCc1ccccc1. The molecule has 224 valence electrons. The minimum atomic E-state index is -0.844. The fourth-order valence-corrected chi connectivity index (χ4v) is 5.43. The summed E-state index contributed by atoms with van der Waals surface area (Å²) in [4.78, 5) is 55.7. The number of fused-ring (bicyclic) bond motifs is 1. The van der Waals surface area contributed by atoms with Crippen molar-refractivity contribution in [3.63, 3.8) is 0 Å². The van der Waals surface area contributed by atoms with Crippen molar-refractivity contribution in [3.8, 4) is 0 Å². The molecule has 2 aliphatic heterocycles. The molecule has 2 aliphatic rings. The highest BCUT2D eigenvalue weighted by Gasteiger charge is 2.50. The fraction of sp³-hybridized carbons (Fsp3) is 0.379. The Morgan fingerprint density at radius 3 is 2.55 bits per heavy atom. The van der Waals surface area contributed by atoms with Crippen molar-refractivity contribution in [1.29, 1.82) is 0 Å². The highest BCUT2D eigenvalue weighted by atomic mass is 35.5. The molecule has 0 bridgehead atoms. The number of nitrogens with one attached hydrogen (secondary N) is 2. The van der Waals surface area contributed by atoms with E-state index < -0.39 is 24.3 Å². The normalized spacial score (nSPS) is 18.9. The molecule has 0 radical (unpaired) electrons. The summed E-state index contributed by atoms with van der Waals surface area (Å²) < 4.78 is 4.93. The van der Waals surface area contributed by atoms with Crippen LogP contribution in [-0.2, 0) is 27.4 Å². The number of urea groups is 1. The summed E-state index contributed by atoms with van der Waals surface area (Å²) in [5.41, 5.74) is 1.68. The van der Waals surface area contributed by atoms with Crippen LogP contribution in [0.4, 0.5) is 9.59 Å². The van der Waals surface area contributed by atoms with Crippen LogP contribution >= 0.6 is 23.2 Å². The van der Waals surface area contributed by atoms with Gasteiger partial charge in [0.15, 0.2) is 0 Å². The zero-order valence-electron chi connectivity index (χ0n) is 23.3. The zero-order chi connectivity index (χ0) is 30.2. The number of nitrogens with zero attached hydrogens (tertiary/aromatic N) is 4. The van der Waals surface area contributed by atoms with E-state index >= 15 is 0 Å². The van der Waals surface area contributed by atoms with Crippen molar-refractivity contribution < 1.29 is 23.9 Å². The van der Waals surface area contributed by atoms with E-state index in [9.17, 15) is 19.2 Å². The quantitative estimate of drug-likeness (QED) is 0.311. The van der Waals surface area contributed by atoms with Crippen LogP contribution in [0.2, 0.25) is 10.0 Å². The number of likely N-dealkylation sites (N-methyl/N-ethyl adjacent to an activating group) is 1. The molecule has 2 atom stereocenters. The Hall–Kier alpha value is -3.80. The largest absolute Gasteiger partial charge is 0.445 e. The van der Waals surface area contributed by atoms with Crippen LogP contribution in [0.3, 0.4) is 0 Å². The summed E-state index contributed by atoms with van der Waals surface area (Å²) in [5.74, 6) is -0.519. The first kappa shape index (κ1) is 31.1. The van der Waals surface area contributed by atoms with E-state index in [4.69, 9.17) is 27.9 Å². The smallest absolute Gasteiger partial charge is 0.407 e. The van der Waals surface area contributed by atoms with Crippen molar-refractivity contribution in [2.75, 3.05) is 33.3 Å². The van der Waals surface area contributed by atoms with Gasteiger partial charge in [0.2, 0.25) is 11.8 Å². The van der Waals surface area contributed by atoms with Crippen LogP contribution in [0.1, 0.15) is 24.0 Å². The Morgan fingerprint density at radius 1 is 1.07 bits per heavy atom. The number of amides is 5. The molecule has 0 spiro atoms. The molecule has 2 aromatic carbocycles. The molecule has 5 amide bonds. The first-order valence-corrected chi connectivity index (χ1v) is 14.3. The van der Waals surface area contributed by atoms with Gasteiger partial charge in [0.05, 0.1) is 23.1 Å². The Morgan fingerprint density at radius 2 is 1.83 bits per heavy atom. The lowest BCUT2D eigenvalue weighted by atomic mass is 10.0. The molecule has 0 unspecified atom stereocenters. The van der Waals surface area contributed by atoms with E-state index in [1.165, 1.54) is 16.0 Å². The highest BCUT2D eigenvalue weighted by molar-refractivity contribution is 6.42. The Kier molecular flexibility index (Phi) is 10.7. The molecule has 0 aliphatic carbocycles. The lowest BCUT2D eigenvalue weighted by molar-refractivity contribution is -0.188. The number of rotatable bonds is 10. The molecule has 0 saturated carbocycles. The fourth-order valence-electron chi connectivity index (χ4n) is 5.11. The third-order valence-corrected chi connectivity index (χ3v) is 7.79. The lowest BCUT2D eigenvalue weighted by Gasteiger charge is -2.54. The summed E-state index contributed by atoms with van der Waals surface area (Å²) >= 11 is 12.3. The predicted octanol–water partition coefficient (Wildman–Crippen LogP) is 3.62. The number of halogens is 2. The van der Waals surface area contributed by atoms with Gasteiger partial charge in [-0.1, -0.05) is 72.3 Å². The second kappa shape index (κ2) is 14.4. The second-order valence-corrected chi connectivity index (χ2v) is 10.8. The van der Waals surface area contributed by atoms with Gasteiger partial charge in [0.25, 0.3) is 0 Å². The molecule has 42 heavy (non-hydrogen) atoms. The number of hydrazine groups is 1. The van der Waals surface area contributed by atoms with Gasteiger partial charge in [-0.3, -0.25) is 9.59 Å². The highest BCUT2D eigenvalue weighted by Crippen LogP contribution is 2.30. The number of alkyl carbamates (subject to hydrolysis) is 1. The Bertz CT molecular complexity index is 1310. The third kappa shape index (κ3) is 7.53. The molecule has 4 rings (SSSR count). The Labute approximate surface area is 254 Å². The van der Waals surface area contributed by atoms with Gasteiger partial charge < -0.3 is 25.2 Å². The first-order valence-electron chi connectivity index (χ1n) is 13.6. The maximum atomic E-state index is 13.8. The van der Waals surface area contributed by atoms with E-state index in [0.717, 1.165) is 11.1 Å². The van der Waals surface area contributed by atoms with Gasteiger partial charge >= 0.3 is 12.1 Å². The van der Waals surface area contributed by atoms with Gasteiger partial charge in [0.1, 0.15) is 18.8 Å². The van der Waals surface area contributed by atoms with Gasteiger partial charge in [0, 0.05) is 26.7 Å². The maximum Gasteiger partial charge on any atom is 0.407 e. The Balaban J connectivity index is 1.55. The van der Waals surface area contributed by atoms with Crippen molar-refractivity contribution in [2.45, 2.75) is 38.1 Å². The maximum absolute atomic E-state index is 13.8. The summed E-state index contributed by atoms with van der Waals surface area (Å²) in [5, 5.41) is 9.40. The number of hydrogen-bond acceptors (Lipinski definition) is 6. The molecule has 2 aromatic rings. The van der Waals surface area contributed by atoms with Crippen LogP contribution in [0.5, 0.6) is 0 Å². The zero-order valence-corrected chi connectivity index (χ0v) is 24.8. The predicted molar refractivity (Wildman–Crippen MR) is 158 cm³/mol. The average molecular weight is 618 g/mol. The van der Waals surface area contributed by atoms with Crippen LogP contribution in [-0.4, -0.2) is 89.3 Å². The van der Waals surface area contributed by atoms with E-state index in [1.54, 1.807) is 35.2 Å². The van der Waals surface area contributed by atoms with Crippen molar-refractivity contribution >= 4 is 47.1 Å². The number of carbonyl (C=O) groups excluding carboxylic acids is 4. The molecule has 2 saturated heterocycles.